The van der Waals surface area contributed by atoms with Crippen LogP contribution < -0.4 is 5.32 Å². The summed E-state index contributed by atoms with van der Waals surface area (Å²) in [5.41, 5.74) is 1.04. The number of hydrogen-bond acceptors (Lipinski definition) is 3. The van der Waals surface area contributed by atoms with Gasteiger partial charge in [0.15, 0.2) is 0 Å². The molecule has 0 bridgehead atoms. The summed E-state index contributed by atoms with van der Waals surface area (Å²) in [6.07, 6.45) is 3.77. The quantitative estimate of drug-likeness (QED) is 0.849. The van der Waals surface area contributed by atoms with Gasteiger partial charge in [0.25, 0.3) is 0 Å². The van der Waals surface area contributed by atoms with Crippen molar-refractivity contribution in [3.63, 3.8) is 0 Å². The van der Waals surface area contributed by atoms with Gasteiger partial charge in [-0.25, -0.2) is 4.98 Å². The number of aromatic nitrogens is 2. The van der Waals surface area contributed by atoms with Crippen molar-refractivity contribution in [2.75, 3.05) is 18.5 Å². The summed E-state index contributed by atoms with van der Waals surface area (Å²) in [7, 11) is 0. The van der Waals surface area contributed by atoms with E-state index in [1.807, 2.05) is 43.5 Å². The van der Waals surface area contributed by atoms with Crippen LogP contribution in [0.15, 0.2) is 42.7 Å². The number of rotatable bonds is 6. The first-order chi connectivity index (χ1) is 8.81. The maximum atomic E-state index is 5.45. The van der Waals surface area contributed by atoms with E-state index in [2.05, 4.69) is 21.8 Å². The average Bonchev–Trinajstić information content (AvgIpc) is 2.85. The van der Waals surface area contributed by atoms with Crippen molar-refractivity contribution in [1.82, 2.24) is 9.55 Å². The van der Waals surface area contributed by atoms with Crippen molar-refractivity contribution in [2.24, 2.45) is 0 Å². The van der Waals surface area contributed by atoms with Crippen LogP contribution in [0.2, 0.25) is 0 Å². The highest BCUT2D eigenvalue weighted by Gasteiger charge is 2.09. The standard InChI is InChI=1S/C14H19N3O/c1-3-18-11-12(2)17-10-9-15-14(17)16-13-7-5-4-6-8-13/h4-10,12H,3,11H2,1-2H3,(H,15,16). The normalized spacial score (nSPS) is 12.3. The van der Waals surface area contributed by atoms with Gasteiger partial charge in [-0.05, 0) is 26.0 Å². The lowest BCUT2D eigenvalue weighted by atomic mass is 10.3. The SMILES string of the molecule is CCOCC(C)n1ccnc1Nc1ccccc1. The fraction of sp³-hybridized carbons (Fsp3) is 0.357. The lowest BCUT2D eigenvalue weighted by Crippen LogP contribution is -2.13. The van der Waals surface area contributed by atoms with Crippen molar-refractivity contribution in [3.8, 4) is 0 Å². The Morgan fingerprint density at radius 1 is 1.33 bits per heavy atom. The number of ether oxygens (including phenoxy) is 1. The van der Waals surface area contributed by atoms with Gasteiger partial charge in [-0.1, -0.05) is 18.2 Å². The monoisotopic (exact) mass is 245 g/mol. The summed E-state index contributed by atoms with van der Waals surface area (Å²) < 4.78 is 7.53. The van der Waals surface area contributed by atoms with E-state index in [0.29, 0.717) is 6.61 Å². The predicted molar refractivity (Wildman–Crippen MR) is 73.2 cm³/mol. The summed E-state index contributed by atoms with van der Waals surface area (Å²) in [6.45, 7) is 5.55. The van der Waals surface area contributed by atoms with Gasteiger partial charge in [-0.15, -0.1) is 0 Å². The van der Waals surface area contributed by atoms with Gasteiger partial charge in [0.1, 0.15) is 0 Å². The third kappa shape index (κ3) is 3.11. The molecule has 0 fully saturated rings. The first-order valence-corrected chi connectivity index (χ1v) is 6.24. The average molecular weight is 245 g/mol. The third-order valence-electron chi connectivity index (χ3n) is 2.74. The second-order valence-corrected chi connectivity index (χ2v) is 4.16. The molecule has 1 heterocycles. The molecule has 0 saturated carbocycles. The fourth-order valence-electron chi connectivity index (χ4n) is 1.78. The zero-order valence-corrected chi connectivity index (χ0v) is 10.8. The molecule has 4 nitrogen and oxygen atoms in total. The van der Waals surface area contributed by atoms with Crippen LogP contribution in [0.4, 0.5) is 11.6 Å². The number of imidazole rings is 1. The Kier molecular flexibility index (Phi) is 4.36. The molecule has 0 amide bonds. The van der Waals surface area contributed by atoms with Crippen LogP contribution in [0.5, 0.6) is 0 Å². The number of para-hydroxylation sites is 1. The van der Waals surface area contributed by atoms with Gasteiger partial charge in [-0.3, -0.25) is 0 Å². The van der Waals surface area contributed by atoms with Crippen LogP contribution in [-0.2, 0) is 4.74 Å². The van der Waals surface area contributed by atoms with Crippen molar-refractivity contribution >= 4 is 11.6 Å². The Hall–Kier alpha value is -1.81. The molecular weight excluding hydrogens is 226 g/mol. The van der Waals surface area contributed by atoms with E-state index < -0.39 is 0 Å². The Balaban J connectivity index is 2.08. The Labute approximate surface area is 108 Å². The number of anilines is 2. The highest BCUT2D eigenvalue weighted by Crippen LogP contribution is 2.18. The minimum Gasteiger partial charge on any atom is -0.380 e. The number of benzene rings is 1. The number of hydrogen-bond donors (Lipinski definition) is 1. The van der Waals surface area contributed by atoms with E-state index in [0.717, 1.165) is 18.2 Å². The largest absolute Gasteiger partial charge is 0.380 e. The van der Waals surface area contributed by atoms with Gasteiger partial charge in [0, 0.05) is 24.7 Å². The van der Waals surface area contributed by atoms with Crippen molar-refractivity contribution < 1.29 is 4.74 Å². The van der Waals surface area contributed by atoms with Gasteiger partial charge in [-0.2, -0.15) is 0 Å². The van der Waals surface area contributed by atoms with E-state index in [1.165, 1.54) is 0 Å². The molecule has 1 atom stereocenters. The molecule has 1 aromatic heterocycles. The molecule has 1 unspecified atom stereocenters. The Morgan fingerprint density at radius 3 is 2.83 bits per heavy atom. The molecule has 1 aromatic carbocycles. The predicted octanol–water partition coefficient (Wildman–Crippen LogP) is 3.22. The minimum atomic E-state index is 0.263. The lowest BCUT2D eigenvalue weighted by molar-refractivity contribution is 0.119. The maximum absolute atomic E-state index is 5.45. The molecule has 0 saturated heterocycles. The smallest absolute Gasteiger partial charge is 0.207 e. The Morgan fingerprint density at radius 2 is 2.11 bits per heavy atom. The van der Waals surface area contributed by atoms with Gasteiger partial charge >= 0.3 is 0 Å². The molecule has 96 valence electrons. The molecule has 2 aromatic rings. The molecule has 0 aliphatic carbocycles. The highest BCUT2D eigenvalue weighted by atomic mass is 16.5. The van der Waals surface area contributed by atoms with Crippen LogP contribution in [-0.4, -0.2) is 22.8 Å². The van der Waals surface area contributed by atoms with Gasteiger partial charge in [0.05, 0.1) is 12.6 Å². The molecular formula is C14H19N3O. The van der Waals surface area contributed by atoms with Crippen LogP contribution in [0.25, 0.3) is 0 Å². The van der Waals surface area contributed by atoms with E-state index in [1.54, 1.807) is 6.20 Å². The van der Waals surface area contributed by atoms with Crippen molar-refractivity contribution in [3.05, 3.63) is 42.7 Å². The fourth-order valence-corrected chi connectivity index (χ4v) is 1.78. The van der Waals surface area contributed by atoms with E-state index in [9.17, 15) is 0 Å². The van der Waals surface area contributed by atoms with E-state index >= 15 is 0 Å². The number of nitrogens with zero attached hydrogens (tertiary/aromatic N) is 2. The van der Waals surface area contributed by atoms with E-state index in [-0.39, 0.29) is 6.04 Å². The topological polar surface area (TPSA) is 39.1 Å². The molecule has 0 radical (unpaired) electrons. The first kappa shape index (κ1) is 12.6. The van der Waals surface area contributed by atoms with Crippen LogP contribution >= 0.6 is 0 Å². The molecule has 4 heteroatoms. The molecule has 0 aliphatic heterocycles. The van der Waals surface area contributed by atoms with Gasteiger partial charge in [0.2, 0.25) is 5.95 Å². The molecule has 18 heavy (non-hydrogen) atoms. The summed E-state index contributed by atoms with van der Waals surface area (Å²) in [5.74, 6) is 0.841. The second-order valence-electron chi connectivity index (χ2n) is 4.16. The summed E-state index contributed by atoms with van der Waals surface area (Å²) in [4.78, 5) is 4.34. The molecule has 0 spiro atoms. The second kappa shape index (κ2) is 6.21. The first-order valence-electron chi connectivity index (χ1n) is 6.24. The van der Waals surface area contributed by atoms with Crippen LogP contribution in [0.1, 0.15) is 19.9 Å². The minimum absolute atomic E-state index is 0.263. The summed E-state index contributed by atoms with van der Waals surface area (Å²) in [6, 6.07) is 10.3. The van der Waals surface area contributed by atoms with Gasteiger partial charge < -0.3 is 14.6 Å². The van der Waals surface area contributed by atoms with E-state index in [4.69, 9.17) is 4.74 Å². The third-order valence-corrected chi connectivity index (χ3v) is 2.74. The molecule has 2 rings (SSSR count). The Bertz CT molecular complexity index is 467. The van der Waals surface area contributed by atoms with Crippen molar-refractivity contribution in [2.45, 2.75) is 19.9 Å². The zero-order valence-electron chi connectivity index (χ0n) is 10.8. The molecule has 1 N–H and O–H groups in total. The molecule has 0 aliphatic rings. The zero-order chi connectivity index (χ0) is 12.8. The maximum Gasteiger partial charge on any atom is 0.207 e. The van der Waals surface area contributed by atoms with Crippen LogP contribution in [0, 0.1) is 0 Å². The number of nitrogens with one attached hydrogen (secondary N) is 1. The van der Waals surface area contributed by atoms with Crippen LogP contribution in [0.3, 0.4) is 0 Å². The highest BCUT2D eigenvalue weighted by molar-refractivity contribution is 5.53. The lowest BCUT2D eigenvalue weighted by Gasteiger charge is -2.16. The summed E-state index contributed by atoms with van der Waals surface area (Å²) >= 11 is 0. The summed E-state index contributed by atoms with van der Waals surface area (Å²) in [5, 5.41) is 3.31. The van der Waals surface area contributed by atoms with Crippen molar-refractivity contribution in [1.29, 1.82) is 0 Å².